The van der Waals surface area contributed by atoms with Crippen molar-refractivity contribution in [2.45, 2.75) is 37.4 Å². The van der Waals surface area contributed by atoms with Gasteiger partial charge >= 0.3 is 5.97 Å². The van der Waals surface area contributed by atoms with Gasteiger partial charge in [-0.1, -0.05) is 0 Å². The number of carboxylic acid groups (broad SMARTS) is 1. The van der Waals surface area contributed by atoms with Gasteiger partial charge in [0.15, 0.2) is 5.82 Å². The number of nitrogens with zero attached hydrogens (tertiary/aromatic N) is 2. The van der Waals surface area contributed by atoms with Crippen LogP contribution in [0.25, 0.3) is 10.9 Å². The van der Waals surface area contributed by atoms with Gasteiger partial charge in [0.2, 0.25) is 5.43 Å². The zero-order chi connectivity index (χ0) is 18.2. The smallest absolute Gasteiger partial charge is 0.341 e. The van der Waals surface area contributed by atoms with Crippen molar-refractivity contribution < 1.29 is 18.7 Å². The third-order valence-corrected chi connectivity index (χ3v) is 5.70. The molecule has 1 unspecified atom stereocenters. The van der Waals surface area contributed by atoms with Gasteiger partial charge in [0.1, 0.15) is 17.1 Å². The second kappa shape index (κ2) is 5.26. The highest BCUT2D eigenvalue weighted by molar-refractivity contribution is 5.94. The Kier molecular flexibility index (Phi) is 3.19. The van der Waals surface area contributed by atoms with Crippen LogP contribution < -0.4 is 15.6 Å². The lowest BCUT2D eigenvalue weighted by molar-refractivity contribution is 0.0695. The van der Waals surface area contributed by atoms with Crippen molar-refractivity contribution in [3.8, 4) is 0 Å². The topological polar surface area (TPSA) is 74.6 Å². The van der Waals surface area contributed by atoms with Crippen molar-refractivity contribution in [3.63, 3.8) is 0 Å². The Morgan fingerprint density at radius 2 is 2.04 bits per heavy atom. The number of piperazine rings is 1. The van der Waals surface area contributed by atoms with Crippen molar-refractivity contribution in [1.82, 2.24) is 9.88 Å². The number of rotatable bonds is 3. The Labute approximate surface area is 147 Å². The summed E-state index contributed by atoms with van der Waals surface area (Å²) in [5.74, 6) is -2.97. The van der Waals surface area contributed by atoms with E-state index in [9.17, 15) is 19.1 Å². The molecule has 3 aliphatic rings. The number of aromatic nitrogens is 1. The SMILES string of the molecule is O=C(O)c1cn(C2CC2)c2c(F)c(N3C[C@H]4CC3CN4)c(F)cc2c1=O. The molecule has 2 aromatic rings. The number of hydrogen-bond donors (Lipinski definition) is 2. The predicted octanol–water partition coefficient (Wildman–Crippen LogP) is 1.86. The van der Waals surface area contributed by atoms with E-state index in [2.05, 4.69) is 5.32 Å². The molecule has 1 aliphatic carbocycles. The van der Waals surface area contributed by atoms with Crippen LogP contribution in [0.15, 0.2) is 17.1 Å². The van der Waals surface area contributed by atoms with E-state index in [-0.39, 0.29) is 34.7 Å². The molecule has 2 saturated heterocycles. The molecule has 0 radical (unpaired) electrons. The Hall–Kier alpha value is -2.48. The largest absolute Gasteiger partial charge is 0.477 e. The Balaban J connectivity index is 1.79. The van der Waals surface area contributed by atoms with Crippen LogP contribution in [-0.4, -0.2) is 40.8 Å². The van der Waals surface area contributed by atoms with Crippen LogP contribution in [-0.2, 0) is 0 Å². The quantitative estimate of drug-likeness (QED) is 0.873. The first-order chi connectivity index (χ1) is 12.5. The second-order valence-corrected chi connectivity index (χ2v) is 7.38. The molecular weight excluding hydrogens is 344 g/mol. The Morgan fingerprint density at radius 3 is 2.62 bits per heavy atom. The summed E-state index contributed by atoms with van der Waals surface area (Å²) in [6.45, 7) is 1.19. The van der Waals surface area contributed by atoms with Gasteiger partial charge in [0.25, 0.3) is 0 Å². The van der Waals surface area contributed by atoms with E-state index in [4.69, 9.17) is 0 Å². The maximum atomic E-state index is 15.5. The van der Waals surface area contributed by atoms with Crippen LogP contribution in [0, 0.1) is 11.6 Å². The highest BCUT2D eigenvalue weighted by atomic mass is 19.1. The van der Waals surface area contributed by atoms with Crippen molar-refractivity contribution in [2.75, 3.05) is 18.0 Å². The lowest BCUT2D eigenvalue weighted by Gasteiger charge is -2.30. The zero-order valence-corrected chi connectivity index (χ0v) is 13.8. The summed E-state index contributed by atoms with van der Waals surface area (Å²) in [4.78, 5) is 25.6. The maximum absolute atomic E-state index is 15.5. The molecule has 3 fully saturated rings. The molecule has 8 heteroatoms. The monoisotopic (exact) mass is 361 g/mol. The Bertz CT molecular complexity index is 1020. The second-order valence-electron chi connectivity index (χ2n) is 7.38. The third-order valence-electron chi connectivity index (χ3n) is 5.70. The first-order valence-corrected chi connectivity index (χ1v) is 8.76. The minimum Gasteiger partial charge on any atom is -0.477 e. The summed E-state index contributed by atoms with van der Waals surface area (Å²) < 4.78 is 31.8. The van der Waals surface area contributed by atoms with Gasteiger partial charge in [-0.2, -0.15) is 0 Å². The van der Waals surface area contributed by atoms with E-state index >= 15 is 4.39 Å². The molecule has 136 valence electrons. The summed E-state index contributed by atoms with van der Waals surface area (Å²) >= 11 is 0. The summed E-state index contributed by atoms with van der Waals surface area (Å²) in [5, 5.41) is 12.4. The first-order valence-electron chi connectivity index (χ1n) is 8.76. The molecule has 3 heterocycles. The van der Waals surface area contributed by atoms with E-state index in [1.165, 1.54) is 10.8 Å². The number of anilines is 1. The lowest BCUT2D eigenvalue weighted by atomic mass is 10.1. The number of nitrogens with one attached hydrogen (secondary N) is 1. The minimum absolute atomic E-state index is 0.00892. The fourth-order valence-corrected chi connectivity index (χ4v) is 4.32. The van der Waals surface area contributed by atoms with E-state index in [1.54, 1.807) is 4.90 Å². The van der Waals surface area contributed by atoms with Crippen LogP contribution in [0.1, 0.15) is 35.7 Å². The molecule has 6 nitrogen and oxygen atoms in total. The standard InChI is InChI=1S/C18H17F2N3O3/c19-13-4-11-15(14(20)16(13)22-6-8-3-10(22)5-21-8)23(9-1-2-9)7-12(17(11)24)18(25)26/h4,7-10,21H,1-3,5-6H2,(H,25,26)/t8-,10?/m1/s1. The number of hydrogen-bond acceptors (Lipinski definition) is 4. The van der Waals surface area contributed by atoms with Crippen LogP contribution >= 0.6 is 0 Å². The summed E-state index contributed by atoms with van der Waals surface area (Å²) in [6.07, 6.45) is 3.60. The molecule has 2 aliphatic heterocycles. The average molecular weight is 361 g/mol. The van der Waals surface area contributed by atoms with Gasteiger partial charge in [-0.15, -0.1) is 0 Å². The van der Waals surface area contributed by atoms with Crippen molar-refractivity contribution in [3.05, 3.63) is 39.7 Å². The lowest BCUT2D eigenvalue weighted by Crippen LogP contribution is -2.44. The van der Waals surface area contributed by atoms with E-state index in [0.29, 0.717) is 13.1 Å². The first kappa shape index (κ1) is 15.7. The van der Waals surface area contributed by atoms with Crippen LogP contribution in [0.3, 0.4) is 0 Å². The molecule has 0 amide bonds. The normalized spacial score (nSPS) is 24.6. The Morgan fingerprint density at radius 1 is 1.27 bits per heavy atom. The molecule has 2 atom stereocenters. The average Bonchev–Trinajstić information content (AvgIpc) is 3.22. The molecule has 2 bridgehead atoms. The van der Waals surface area contributed by atoms with Gasteiger partial charge in [-0.25, -0.2) is 13.6 Å². The number of pyridine rings is 1. The molecular formula is C18H17F2N3O3. The van der Waals surface area contributed by atoms with E-state index in [0.717, 1.165) is 25.3 Å². The predicted molar refractivity (Wildman–Crippen MR) is 90.9 cm³/mol. The van der Waals surface area contributed by atoms with Gasteiger partial charge in [0.05, 0.1) is 10.9 Å². The summed E-state index contributed by atoms with van der Waals surface area (Å²) in [5.41, 5.74) is -1.41. The molecule has 0 spiro atoms. The van der Waals surface area contributed by atoms with Crippen molar-refractivity contribution >= 4 is 22.6 Å². The van der Waals surface area contributed by atoms with Crippen LogP contribution in [0.4, 0.5) is 14.5 Å². The minimum atomic E-state index is -1.39. The fourth-order valence-electron chi connectivity index (χ4n) is 4.32. The third kappa shape index (κ3) is 2.11. The summed E-state index contributed by atoms with van der Waals surface area (Å²) in [6, 6.07) is 1.19. The molecule has 26 heavy (non-hydrogen) atoms. The number of benzene rings is 1. The van der Waals surface area contributed by atoms with Crippen LogP contribution in [0.2, 0.25) is 0 Å². The number of aromatic carboxylic acids is 1. The maximum Gasteiger partial charge on any atom is 0.341 e. The highest BCUT2D eigenvalue weighted by Crippen LogP contribution is 2.41. The number of carboxylic acids is 1. The van der Waals surface area contributed by atoms with Crippen LogP contribution in [0.5, 0.6) is 0 Å². The van der Waals surface area contributed by atoms with Gasteiger partial charge in [-0.05, 0) is 25.3 Å². The van der Waals surface area contributed by atoms with E-state index < -0.39 is 28.6 Å². The number of carbonyl (C=O) groups is 1. The zero-order valence-electron chi connectivity index (χ0n) is 13.8. The fraction of sp³-hybridized carbons (Fsp3) is 0.444. The van der Waals surface area contributed by atoms with Crippen molar-refractivity contribution in [2.24, 2.45) is 0 Å². The molecule has 1 saturated carbocycles. The van der Waals surface area contributed by atoms with Gasteiger partial charge < -0.3 is 19.9 Å². The molecule has 1 aromatic carbocycles. The molecule has 5 rings (SSSR count). The number of fused-ring (bicyclic) bond motifs is 3. The molecule has 1 aromatic heterocycles. The molecule has 2 N–H and O–H groups in total. The number of halogens is 2. The summed E-state index contributed by atoms with van der Waals surface area (Å²) in [7, 11) is 0. The van der Waals surface area contributed by atoms with Gasteiger partial charge in [-0.3, -0.25) is 4.79 Å². The highest BCUT2D eigenvalue weighted by Gasteiger charge is 2.41. The van der Waals surface area contributed by atoms with E-state index in [1.807, 2.05) is 0 Å². The van der Waals surface area contributed by atoms with Crippen molar-refractivity contribution in [1.29, 1.82) is 0 Å². The van der Waals surface area contributed by atoms with Gasteiger partial charge in [0, 0.05) is 37.4 Å².